The molecule has 0 heterocycles. The molecule has 0 saturated carbocycles. The lowest BCUT2D eigenvalue weighted by atomic mass is 10.3. The van der Waals surface area contributed by atoms with E-state index in [1.165, 1.54) is 0 Å². The average molecular weight is 239 g/mol. The summed E-state index contributed by atoms with van der Waals surface area (Å²) in [5, 5.41) is 0. The number of hydrogen-bond acceptors (Lipinski definition) is 4. The molecule has 1 aromatic rings. The molecule has 1 rings (SSSR count). The van der Waals surface area contributed by atoms with Gasteiger partial charge in [-0.15, -0.1) is 0 Å². The van der Waals surface area contributed by atoms with Crippen LogP contribution < -0.4 is 9.47 Å². The van der Waals surface area contributed by atoms with Gasteiger partial charge in [0, 0.05) is 13.7 Å². The second kappa shape index (κ2) is 7.92. The largest absolute Gasteiger partial charge is 0.492 e. The lowest BCUT2D eigenvalue weighted by Crippen LogP contribution is -2.19. The van der Waals surface area contributed by atoms with Gasteiger partial charge in [-0.3, -0.25) is 0 Å². The van der Waals surface area contributed by atoms with Crippen molar-refractivity contribution in [3.05, 3.63) is 24.3 Å². The maximum Gasteiger partial charge on any atom is 0.119 e. The number of benzene rings is 1. The van der Waals surface area contributed by atoms with Gasteiger partial charge in [-0.1, -0.05) is 0 Å². The molecular formula is C13H21NO3. The molecule has 0 aromatic heterocycles. The zero-order valence-corrected chi connectivity index (χ0v) is 10.8. The van der Waals surface area contributed by atoms with Crippen LogP contribution in [0.4, 0.5) is 0 Å². The Morgan fingerprint density at radius 2 is 1.41 bits per heavy atom. The molecule has 1 aromatic carbocycles. The van der Waals surface area contributed by atoms with Gasteiger partial charge in [-0.05, 0) is 38.4 Å². The van der Waals surface area contributed by atoms with Crippen molar-refractivity contribution in [3.8, 4) is 11.5 Å². The Bertz CT molecular complexity index is 298. The highest BCUT2D eigenvalue weighted by atomic mass is 16.5. The van der Waals surface area contributed by atoms with Crippen LogP contribution in [0.15, 0.2) is 24.3 Å². The van der Waals surface area contributed by atoms with Gasteiger partial charge in [-0.25, -0.2) is 0 Å². The Labute approximate surface area is 103 Å². The van der Waals surface area contributed by atoms with Crippen LogP contribution in [-0.2, 0) is 4.74 Å². The van der Waals surface area contributed by atoms with Crippen LogP contribution in [0.1, 0.15) is 0 Å². The monoisotopic (exact) mass is 239 g/mol. The highest BCUT2D eigenvalue weighted by Gasteiger charge is 1.97. The smallest absolute Gasteiger partial charge is 0.119 e. The normalized spacial score (nSPS) is 10.6. The van der Waals surface area contributed by atoms with Gasteiger partial charge in [0.25, 0.3) is 0 Å². The van der Waals surface area contributed by atoms with E-state index in [2.05, 4.69) is 4.90 Å². The van der Waals surface area contributed by atoms with E-state index in [0.717, 1.165) is 18.0 Å². The molecule has 17 heavy (non-hydrogen) atoms. The fourth-order valence-corrected chi connectivity index (χ4v) is 1.22. The lowest BCUT2D eigenvalue weighted by Gasteiger charge is -2.11. The van der Waals surface area contributed by atoms with Crippen LogP contribution in [0.5, 0.6) is 11.5 Å². The summed E-state index contributed by atoms with van der Waals surface area (Å²) in [6.07, 6.45) is 0. The fraction of sp³-hybridized carbons (Fsp3) is 0.538. The maximum absolute atomic E-state index is 5.58. The minimum Gasteiger partial charge on any atom is -0.492 e. The van der Waals surface area contributed by atoms with Gasteiger partial charge < -0.3 is 19.1 Å². The van der Waals surface area contributed by atoms with Crippen LogP contribution in [0, 0.1) is 0 Å². The molecule has 0 saturated heterocycles. The Morgan fingerprint density at radius 1 is 0.882 bits per heavy atom. The maximum atomic E-state index is 5.58. The van der Waals surface area contributed by atoms with Gasteiger partial charge in [-0.2, -0.15) is 0 Å². The minimum atomic E-state index is 0.567. The molecule has 0 fully saturated rings. The number of rotatable bonds is 8. The highest BCUT2D eigenvalue weighted by molar-refractivity contribution is 5.31. The molecule has 0 bridgehead atoms. The number of nitrogens with zero attached hydrogens (tertiary/aromatic N) is 1. The summed E-state index contributed by atoms with van der Waals surface area (Å²) in [7, 11) is 5.71. The third kappa shape index (κ3) is 6.14. The van der Waals surface area contributed by atoms with E-state index >= 15 is 0 Å². The van der Waals surface area contributed by atoms with Crippen molar-refractivity contribution in [2.75, 3.05) is 47.6 Å². The van der Waals surface area contributed by atoms with Crippen LogP contribution in [-0.4, -0.2) is 52.5 Å². The fourth-order valence-electron chi connectivity index (χ4n) is 1.22. The summed E-state index contributed by atoms with van der Waals surface area (Å²) >= 11 is 0. The van der Waals surface area contributed by atoms with Crippen LogP contribution in [0.3, 0.4) is 0 Å². The summed E-state index contributed by atoms with van der Waals surface area (Å²) < 4.78 is 15.9. The second-order valence-corrected chi connectivity index (χ2v) is 3.96. The summed E-state index contributed by atoms with van der Waals surface area (Å²) in [6, 6.07) is 7.64. The predicted octanol–water partition coefficient (Wildman–Crippen LogP) is 1.65. The zero-order chi connectivity index (χ0) is 12.5. The first-order valence-corrected chi connectivity index (χ1v) is 5.71. The van der Waals surface area contributed by atoms with E-state index in [1.54, 1.807) is 7.11 Å². The van der Waals surface area contributed by atoms with Gasteiger partial charge in [0.2, 0.25) is 0 Å². The van der Waals surface area contributed by atoms with E-state index in [-0.39, 0.29) is 0 Å². The van der Waals surface area contributed by atoms with Crippen molar-refractivity contribution in [1.82, 2.24) is 4.90 Å². The lowest BCUT2D eigenvalue weighted by molar-refractivity contribution is 0.146. The molecule has 0 aliphatic carbocycles. The molecule has 0 N–H and O–H groups in total. The summed E-state index contributed by atoms with van der Waals surface area (Å²) in [5.74, 6) is 1.70. The molecule has 0 atom stereocenters. The first-order chi connectivity index (χ1) is 8.22. The molecule has 0 aliphatic rings. The van der Waals surface area contributed by atoms with Gasteiger partial charge in [0.1, 0.15) is 24.7 Å². The molecule has 0 radical (unpaired) electrons. The predicted molar refractivity (Wildman–Crippen MR) is 67.9 cm³/mol. The highest BCUT2D eigenvalue weighted by Crippen LogP contribution is 2.17. The molecule has 0 unspecified atom stereocenters. The standard InChI is InChI=1S/C13H21NO3/c1-14(2)8-9-16-12-4-6-13(7-5-12)17-11-10-15-3/h4-7H,8-11H2,1-3H3. The van der Waals surface area contributed by atoms with Gasteiger partial charge >= 0.3 is 0 Å². The first kappa shape index (κ1) is 13.8. The van der Waals surface area contributed by atoms with Crippen LogP contribution in [0.25, 0.3) is 0 Å². The average Bonchev–Trinajstić information content (AvgIpc) is 2.31. The molecule has 4 nitrogen and oxygen atoms in total. The Morgan fingerprint density at radius 3 is 1.88 bits per heavy atom. The van der Waals surface area contributed by atoms with E-state index < -0.39 is 0 Å². The first-order valence-electron chi connectivity index (χ1n) is 5.71. The minimum absolute atomic E-state index is 0.567. The van der Waals surface area contributed by atoms with Crippen LogP contribution >= 0.6 is 0 Å². The summed E-state index contributed by atoms with van der Waals surface area (Å²) in [5.41, 5.74) is 0. The molecule has 4 heteroatoms. The number of likely N-dealkylation sites (N-methyl/N-ethyl adjacent to an activating group) is 1. The molecule has 0 aliphatic heterocycles. The van der Waals surface area contributed by atoms with Crippen molar-refractivity contribution in [1.29, 1.82) is 0 Å². The van der Waals surface area contributed by atoms with Crippen molar-refractivity contribution < 1.29 is 14.2 Å². The van der Waals surface area contributed by atoms with Crippen molar-refractivity contribution in [3.63, 3.8) is 0 Å². The zero-order valence-electron chi connectivity index (χ0n) is 10.8. The summed E-state index contributed by atoms with van der Waals surface area (Å²) in [6.45, 7) is 2.77. The van der Waals surface area contributed by atoms with Gasteiger partial charge in [0.05, 0.1) is 6.61 Å². The second-order valence-electron chi connectivity index (χ2n) is 3.96. The summed E-state index contributed by atoms with van der Waals surface area (Å²) in [4.78, 5) is 2.09. The molecule has 96 valence electrons. The van der Waals surface area contributed by atoms with Crippen molar-refractivity contribution in [2.45, 2.75) is 0 Å². The van der Waals surface area contributed by atoms with Crippen molar-refractivity contribution in [2.24, 2.45) is 0 Å². The number of hydrogen-bond donors (Lipinski definition) is 0. The third-order valence-corrected chi connectivity index (χ3v) is 2.19. The molecule has 0 spiro atoms. The molecule has 0 amide bonds. The van der Waals surface area contributed by atoms with E-state index in [0.29, 0.717) is 19.8 Å². The molecular weight excluding hydrogens is 218 g/mol. The Kier molecular flexibility index (Phi) is 6.43. The van der Waals surface area contributed by atoms with E-state index in [9.17, 15) is 0 Å². The number of ether oxygens (including phenoxy) is 3. The Balaban J connectivity index is 2.29. The van der Waals surface area contributed by atoms with E-state index in [4.69, 9.17) is 14.2 Å². The Hall–Kier alpha value is -1.26. The SMILES string of the molecule is COCCOc1ccc(OCCN(C)C)cc1. The van der Waals surface area contributed by atoms with E-state index in [1.807, 2.05) is 38.4 Å². The quantitative estimate of drug-likeness (QED) is 0.645. The van der Waals surface area contributed by atoms with Crippen LogP contribution in [0.2, 0.25) is 0 Å². The topological polar surface area (TPSA) is 30.9 Å². The van der Waals surface area contributed by atoms with Crippen molar-refractivity contribution >= 4 is 0 Å². The van der Waals surface area contributed by atoms with Gasteiger partial charge in [0.15, 0.2) is 0 Å². The third-order valence-electron chi connectivity index (χ3n) is 2.19. The number of methoxy groups -OCH3 is 1.